The topological polar surface area (TPSA) is 67.3 Å². The Kier molecular flexibility index (Phi) is 4.60. The number of hydrogen-bond acceptors (Lipinski definition) is 6. The van der Waals surface area contributed by atoms with Crippen LogP contribution >= 0.6 is 0 Å². The first-order valence-corrected chi connectivity index (χ1v) is 6.18. The lowest BCUT2D eigenvalue weighted by Crippen LogP contribution is -2.55. The summed E-state index contributed by atoms with van der Waals surface area (Å²) in [7, 11) is 0. The van der Waals surface area contributed by atoms with E-state index < -0.39 is 0 Å². The summed E-state index contributed by atoms with van der Waals surface area (Å²) < 4.78 is 5.09. The standard InChI is InChI=1S/C12H18N4O2/c1-2-18-12(17)10-8-13-6-7-16(10)9-11-14-4-3-5-15-11/h3-5,10,13H,2,6-9H2,1H3. The number of nitrogens with zero attached hydrogens (tertiary/aromatic N) is 3. The molecule has 1 atom stereocenters. The van der Waals surface area contributed by atoms with Gasteiger partial charge < -0.3 is 10.1 Å². The Morgan fingerprint density at radius 2 is 2.33 bits per heavy atom. The van der Waals surface area contributed by atoms with Gasteiger partial charge in [0.2, 0.25) is 0 Å². The van der Waals surface area contributed by atoms with Gasteiger partial charge in [-0.05, 0) is 13.0 Å². The summed E-state index contributed by atoms with van der Waals surface area (Å²) in [6, 6.07) is 1.53. The number of aromatic nitrogens is 2. The molecule has 1 aromatic heterocycles. The molecule has 0 aliphatic carbocycles. The highest BCUT2D eigenvalue weighted by atomic mass is 16.5. The van der Waals surface area contributed by atoms with E-state index in [2.05, 4.69) is 20.2 Å². The lowest BCUT2D eigenvalue weighted by atomic mass is 10.2. The zero-order chi connectivity index (χ0) is 12.8. The summed E-state index contributed by atoms with van der Waals surface area (Å²) in [5, 5.41) is 3.21. The number of piperazine rings is 1. The van der Waals surface area contributed by atoms with Crippen molar-refractivity contribution in [2.75, 3.05) is 26.2 Å². The van der Waals surface area contributed by atoms with E-state index in [-0.39, 0.29) is 12.0 Å². The second-order valence-corrected chi connectivity index (χ2v) is 4.11. The van der Waals surface area contributed by atoms with Gasteiger partial charge in [-0.25, -0.2) is 9.97 Å². The molecule has 0 spiro atoms. The lowest BCUT2D eigenvalue weighted by molar-refractivity contribution is -0.150. The van der Waals surface area contributed by atoms with Gasteiger partial charge in [0.15, 0.2) is 0 Å². The van der Waals surface area contributed by atoms with Crippen LogP contribution in [0.3, 0.4) is 0 Å². The van der Waals surface area contributed by atoms with Crippen LogP contribution in [0.5, 0.6) is 0 Å². The van der Waals surface area contributed by atoms with Crippen molar-refractivity contribution in [3.8, 4) is 0 Å². The van der Waals surface area contributed by atoms with Gasteiger partial charge in [0.25, 0.3) is 0 Å². The molecule has 98 valence electrons. The Balaban J connectivity index is 2.01. The fraction of sp³-hybridized carbons (Fsp3) is 0.583. The molecule has 2 rings (SSSR count). The van der Waals surface area contributed by atoms with E-state index in [9.17, 15) is 4.79 Å². The average Bonchev–Trinajstić information content (AvgIpc) is 2.41. The van der Waals surface area contributed by atoms with Gasteiger partial charge in [0.1, 0.15) is 11.9 Å². The Morgan fingerprint density at radius 1 is 1.56 bits per heavy atom. The first kappa shape index (κ1) is 12.9. The van der Waals surface area contributed by atoms with Gasteiger partial charge >= 0.3 is 5.97 Å². The van der Waals surface area contributed by atoms with Crippen molar-refractivity contribution in [2.45, 2.75) is 19.5 Å². The van der Waals surface area contributed by atoms with E-state index >= 15 is 0 Å². The summed E-state index contributed by atoms with van der Waals surface area (Å²) in [5.41, 5.74) is 0. The van der Waals surface area contributed by atoms with Gasteiger partial charge in [-0.1, -0.05) is 0 Å². The summed E-state index contributed by atoms with van der Waals surface area (Å²) in [6.07, 6.45) is 3.42. The summed E-state index contributed by atoms with van der Waals surface area (Å²) in [6.45, 7) is 5.08. The quantitative estimate of drug-likeness (QED) is 0.747. The zero-order valence-corrected chi connectivity index (χ0v) is 10.5. The number of esters is 1. The van der Waals surface area contributed by atoms with Crippen LogP contribution < -0.4 is 5.32 Å². The molecule has 1 aliphatic heterocycles. The van der Waals surface area contributed by atoms with Crippen molar-refractivity contribution >= 4 is 5.97 Å². The molecular formula is C12H18N4O2. The van der Waals surface area contributed by atoms with Crippen LogP contribution in [0.25, 0.3) is 0 Å². The van der Waals surface area contributed by atoms with E-state index in [1.165, 1.54) is 0 Å². The minimum atomic E-state index is -0.248. The van der Waals surface area contributed by atoms with E-state index in [1.54, 1.807) is 18.5 Å². The zero-order valence-electron chi connectivity index (χ0n) is 10.5. The molecule has 1 N–H and O–H groups in total. The summed E-state index contributed by atoms with van der Waals surface area (Å²) >= 11 is 0. The Morgan fingerprint density at radius 3 is 3.06 bits per heavy atom. The number of rotatable bonds is 4. The monoisotopic (exact) mass is 250 g/mol. The van der Waals surface area contributed by atoms with Gasteiger partial charge in [-0.3, -0.25) is 9.69 Å². The van der Waals surface area contributed by atoms with Gasteiger partial charge in [0.05, 0.1) is 13.2 Å². The van der Waals surface area contributed by atoms with E-state index in [4.69, 9.17) is 4.74 Å². The molecular weight excluding hydrogens is 232 g/mol. The number of carbonyl (C=O) groups excluding carboxylic acids is 1. The summed E-state index contributed by atoms with van der Waals surface area (Å²) in [5.74, 6) is 0.550. The molecule has 6 nitrogen and oxygen atoms in total. The van der Waals surface area contributed by atoms with Crippen LogP contribution in [0.15, 0.2) is 18.5 Å². The second kappa shape index (κ2) is 6.42. The lowest BCUT2D eigenvalue weighted by Gasteiger charge is -2.33. The molecule has 1 fully saturated rings. The Hall–Kier alpha value is -1.53. The molecule has 1 saturated heterocycles. The first-order chi connectivity index (χ1) is 8.81. The SMILES string of the molecule is CCOC(=O)C1CNCCN1Cc1ncccn1. The van der Waals surface area contributed by atoms with E-state index in [1.807, 2.05) is 6.92 Å². The molecule has 0 radical (unpaired) electrons. The van der Waals surface area contributed by atoms with Crippen LogP contribution in [-0.2, 0) is 16.1 Å². The van der Waals surface area contributed by atoms with Gasteiger partial charge in [-0.15, -0.1) is 0 Å². The predicted molar refractivity (Wildman–Crippen MR) is 65.7 cm³/mol. The Labute approximate surface area is 106 Å². The third-order valence-corrected chi connectivity index (χ3v) is 2.88. The second-order valence-electron chi connectivity index (χ2n) is 4.11. The minimum absolute atomic E-state index is 0.180. The highest BCUT2D eigenvalue weighted by Gasteiger charge is 2.30. The average molecular weight is 250 g/mol. The maximum absolute atomic E-state index is 11.9. The molecule has 1 unspecified atom stereocenters. The van der Waals surface area contributed by atoms with Crippen molar-refractivity contribution in [3.63, 3.8) is 0 Å². The molecule has 1 aliphatic rings. The van der Waals surface area contributed by atoms with E-state index in [0.717, 1.165) is 18.9 Å². The van der Waals surface area contributed by atoms with Crippen LogP contribution in [0.2, 0.25) is 0 Å². The molecule has 1 aromatic rings. The fourth-order valence-electron chi connectivity index (χ4n) is 2.00. The molecule has 0 bridgehead atoms. The van der Waals surface area contributed by atoms with Crippen LogP contribution in [0.1, 0.15) is 12.7 Å². The number of hydrogen-bond donors (Lipinski definition) is 1. The van der Waals surface area contributed by atoms with Crippen molar-refractivity contribution in [1.29, 1.82) is 0 Å². The highest BCUT2D eigenvalue weighted by molar-refractivity contribution is 5.76. The molecule has 18 heavy (non-hydrogen) atoms. The van der Waals surface area contributed by atoms with Crippen molar-refractivity contribution in [3.05, 3.63) is 24.3 Å². The van der Waals surface area contributed by atoms with Crippen LogP contribution in [-0.4, -0.2) is 53.1 Å². The third-order valence-electron chi connectivity index (χ3n) is 2.88. The van der Waals surface area contributed by atoms with Gasteiger partial charge in [0, 0.05) is 32.0 Å². The van der Waals surface area contributed by atoms with Crippen molar-refractivity contribution in [1.82, 2.24) is 20.2 Å². The molecule has 6 heteroatoms. The largest absolute Gasteiger partial charge is 0.465 e. The molecule has 0 aromatic carbocycles. The number of nitrogens with one attached hydrogen (secondary N) is 1. The number of carbonyl (C=O) groups is 1. The smallest absolute Gasteiger partial charge is 0.324 e. The Bertz CT molecular complexity index is 385. The fourth-order valence-corrected chi connectivity index (χ4v) is 2.00. The van der Waals surface area contributed by atoms with Crippen LogP contribution in [0, 0.1) is 0 Å². The molecule has 2 heterocycles. The highest BCUT2D eigenvalue weighted by Crippen LogP contribution is 2.08. The maximum Gasteiger partial charge on any atom is 0.324 e. The van der Waals surface area contributed by atoms with Crippen molar-refractivity contribution in [2.24, 2.45) is 0 Å². The normalized spacial score (nSPS) is 20.6. The molecule has 0 amide bonds. The summed E-state index contributed by atoms with van der Waals surface area (Å²) in [4.78, 5) is 22.3. The third kappa shape index (κ3) is 3.24. The minimum Gasteiger partial charge on any atom is -0.465 e. The van der Waals surface area contributed by atoms with Crippen LogP contribution in [0.4, 0.5) is 0 Å². The maximum atomic E-state index is 11.9. The van der Waals surface area contributed by atoms with Crippen molar-refractivity contribution < 1.29 is 9.53 Å². The van der Waals surface area contributed by atoms with E-state index in [0.29, 0.717) is 19.7 Å². The first-order valence-electron chi connectivity index (χ1n) is 6.18. The van der Waals surface area contributed by atoms with Gasteiger partial charge in [-0.2, -0.15) is 0 Å². The number of ether oxygens (including phenoxy) is 1. The molecule has 0 saturated carbocycles. The predicted octanol–water partition coefficient (Wildman–Crippen LogP) is -0.186.